The van der Waals surface area contributed by atoms with Gasteiger partial charge in [-0.2, -0.15) is 13.2 Å². The maximum Gasteiger partial charge on any atom is 0.391 e. The summed E-state index contributed by atoms with van der Waals surface area (Å²) < 4.78 is 36.4. The van der Waals surface area contributed by atoms with Gasteiger partial charge in [0.15, 0.2) is 0 Å². The second kappa shape index (κ2) is 5.16. The van der Waals surface area contributed by atoms with Crippen LogP contribution in [0.2, 0.25) is 0 Å². The number of hydrogen-bond donors (Lipinski definition) is 3. The van der Waals surface area contributed by atoms with Crippen molar-refractivity contribution >= 4 is 17.3 Å². The van der Waals surface area contributed by atoms with Gasteiger partial charge in [0.05, 0.1) is 17.8 Å². The van der Waals surface area contributed by atoms with E-state index in [0.29, 0.717) is 5.69 Å². The van der Waals surface area contributed by atoms with E-state index in [4.69, 9.17) is 11.5 Å². The average molecular weight is 261 g/mol. The van der Waals surface area contributed by atoms with Gasteiger partial charge in [0, 0.05) is 11.6 Å². The zero-order valence-corrected chi connectivity index (χ0v) is 9.71. The standard InChI is InChI=1S/C11H14F3N3O/c1-6(5-11(12,13)14)17-9-3-2-7(10(16)18)4-8(9)15/h2-4,6,17H,5,15H2,1H3,(H2,16,18). The van der Waals surface area contributed by atoms with E-state index in [0.717, 1.165) is 0 Å². The predicted molar refractivity (Wildman–Crippen MR) is 63.1 cm³/mol. The second-order valence-corrected chi connectivity index (χ2v) is 4.03. The van der Waals surface area contributed by atoms with Crippen molar-refractivity contribution in [1.82, 2.24) is 0 Å². The lowest BCUT2D eigenvalue weighted by Crippen LogP contribution is -2.24. The number of carbonyl (C=O) groups is 1. The van der Waals surface area contributed by atoms with Gasteiger partial charge in [-0.25, -0.2) is 0 Å². The third-order valence-electron chi connectivity index (χ3n) is 2.28. The van der Waals surface area contributed by atoms with Crippen LogP contribution in [-0.4, -0.2) is 18.1 Å². The van der Waals surface area contributed by atoms with Gasteiger partial charge in [-0.15, -0.1) is 0 Å². The first kappa shape index (κ1) is 14.1. The Morgan fingerprint density at radius 2 is 2.06 bits per heavy atom. The number of nitrogens with one attached hydrogen (secondary N) is 1. The Labute approximate surface area is 102 Å². The third kappa shape index (κ3) is 4.15. The van der Waals surface area contributed by atoms with Crippen molar-refractivity contribution in [2.24, 2.45) is 5.73 Å². The van der Waals surface area contributed by atoms with E-state index in [2.05, 4.69) is 5.32 Å². The number of rotatable bonds is 4. The van der Waals surface area contributed by atoms with Crippen molar-refractivity contribution in [3.8, 4) is 0 Å². The van der Waals surface area contributed by atoms with Crippen LogP contribution in [0.15, 0.2) is 18.2 Å². The molecule has 0 radical (unpaired) electrons. The molecule has 1 amide bonds. The highest BCUT2D eigenvalue weighted by molar-refractivity contribution is 5.94. The van der Waals surface area contributed by atoms with E-state index < -0.39 is 24.5 Å². The summed E-state index contributed by atoms with van der Waals surface area (Å²) in [5.41, 5.74) is 11.4. The molecule has 1 aromatic rings. The number of amides is 1. The van der Waals surface area contributed by atoms with Crippen LogP contribution in [0.4, 0.5) is 24.5 Å². The van der Waals surface area contributed by atoms with Gasteiger partial charge in [-0.3, -0.25) is 4.79 Å². The molecular weight excluding hydrogens is 247 g/mol. The Balaban J connectivity index is 2.77. The number of hydrogen-bond acceptors (Lipinski definition) is 3. The number of nitrogens with two attached hydrogens (primary N) is 2. The van der Waals surface area contributed by atoms with Crippen LogP contribution in [0.3, 0.4) is 0 Å². The Hall–Kier alpha value is -1.92. The third-order valence-corrected chi connectivity index (χ3v) is 2.28. The lowest BCUT2D eigenvalue weighted by atomic mass is 10.1. The fourth-order valence-corrected chi connectivity index (χ4v) is 1.51. The van der Waals surface area contributed by atoms with Gasteiger partial charge in [-0.1, -0.05) is 0 Å². The molecule has 0 aromatic heterocycles. The van der Waals surface area contributed by atoms with Crippen LogP contribution < -0.4 is 16.8 Å². The van der Waals surface area contributed by atoms with Crippen LogP contribution in [0, 0.1) is 0 Å². The molecule has 1 aromatic carbocycles. The molecular formula is C11H14F3N3O. The predicted octanol–water partition coefficient (Wildman–Crippen LogP) is 2.12. The number of carbonyl (C=O) groups excluding carboxylic acids is 1. The summed E-state index contributed by atoms with van der Waals surface area (Å²) in [6, 6.07) is 3.35. The topological polar surface area (TPSA) is 81.1 Å². The summed E-state index contributed by atoms with van der Waals surface area (Å²) >= 11 is 0. The first-order chi connectivity index (χ1) is 8.19. The molecule has 1 unspecified atom stereocenters. The lowest BCUT2D eigenvalue weighted by molar-refractivity contribution is -0.136. The van der Waals surface area contributed by atoms with E-state index in [1.165, 1.54) is 25.1 Å². The van der Waals surface area contributed by atoms with E-state index in [1.807, 2.05) is 0 Å². The van der Waals surface area contributed by atoms with Crippen molar-refractivity contribution in [2.75, 3.05) is 11.1 Å². The van der Waals surface area contributed by atoms with Crippen molar-refractivity contribution in [2.45, 2.75) is 25.6 Å². The number of anilines is 2. The lowest BCUT2D eigenvalue weighted by Gasteiger charge is -2.18. The van der Waals surface area contributed by atoms with Crippen LogP contribution in [0.5, 0.6) is 0 Å². The molecule has 100 valence electrons. The van der Waals surface area contributed by atoms with E-state index in [9.17, 15) is 18.0 Å². The number of primary amides is 1. The van der Waals surface area contributed by atoms with Gasteiger partial charge in [0.2, 0.25) is 5.91 Å². The van der Waals surface area contributed by atoms with Gasteiger partial charge >= 0.3 is 6.18 Å². The van der Waals surface area contributed by atoms with Gasteiger partial charge in [-0.05, 0) is 25.1 Å². The zero-order valence-electron chi connectivity index (χ0n) is 9.71. The van der Waals surface area contributed by atoms with E-state index >= 15 is 0 Å². The minimum atomic E-state index is -4.24. The number of nitrogen functional groups attached to an aromatic ring is 1. The molecule has 0 spiro atoms. The monoisotopic (exact) mass is 261 g/mol. The van der Waals surface area contributed by atoms with Crippen LogP contribution in [0.25, 0.3) is 0 Å². The Morgan fingerprint density at radius 3 is 2.50 bits per heavy atom. The van der Waals surface area contributed by atoms with E-state index in [-0.39, 0.29) is 11.3 Å². The van der Waals surface area contributed by atoms with Crippen molar-refractivity contribution in [3.05, 3.63) is 23.8 Å². The molecule has 0 heterocycles. The molecule has 0 aliphatic carbocycles. The molecule has 5 N–H and O–H groups in total. The van der Waals surface area contributed by atoms with Crippen LogP contribution in [0.1, 0.15) is 23.7 Å². The maximum absolute atomic E-state index is 12.1. The molecule has 0 aliphatic rings. The summed E-state index contributed by atoms with van der Waals surface area (Å²) in [6.45, 7) is 1.40. The molecule has 0 saturated carbocycles. The summed E-state index contributed by atoms with van der Waals surface area (Å²) in [6.07, 6.45) is -5.21. The van der Waals surface area contributed by atoms with E-state index in [1.54, 1.807) is 0 Å². The van der Waals surface area contributed by atoms with Crippen molar-refractivity contribution in [1.29, 1.82) is 0 Å². The first-order valence-electron chi connectivity index (χ1n) is 5.21. The summed E-state index contributed by atoms with van der Waals surface area (Å²) in [7, 11) is 0. The molecule has 18 heavy (non-hydrogen) atoms. The summed E-state index contributed by atoms with van der Waals surface area (Å²) in [5.74, 6) is -0.642. The molecule has 0 bridgehead atoms. The molecule has 4 nitrogen and oxygen atoms in total. The van der Waals surface area contributed by atoms with Crippen LogP contribution >= 0.6 is 0 Å². The van der Waals surface area contributed by atoms with Crippen LogP contribution in [-0.2, 0) is 0 Å². The highest BCUT2D eigenvalue weighted by Gasteiger charge is 2.30. The van der Waals surface area contributed by atoms with Crippen molar-refractivity contribution in [3.63, 3.8) is 0 Å². The fraction of sp³-hybridized carbons (Fsp3) is 0.364. The number of benzene rings is 1. The highest BCUT2D eigenvalue weighted by Crippen LogP contribution is 2.25. The molecule has 1 rings (SSSR count). The zero-order chi connectivity index (χ0) is 13.9. The quantitative estimate of drug-likeness (QED) is 0.726. The van der Waals surface area contributed by atoms with Crippen molar-refractivity contribution < 1.29 is 18.0 Å². The Morgan fingerprint density at radius 1 is 1.44 bits per heavy atom. The average Bonchev–Trinajstić information content (AvgIpc) is 2.17. The summed E-state index contributed by atoms with van der Waals surface area (Å²) in [4.78, 5) is 10.9. The maximum atomic E-state index is 12.1. The minimum absolute atomic E-state index is 0.181. The SMILES string of the molecule is CC(CC(F)(F)F)Nc1ccc(C(N)=O)cc1N. The second-order valence-electron chi connectivity index (χ2n) is 4.03. The number of alkyl halides is 3. The highest BCUT2D eigenvalue weighted by atomic mass is 19.4. The Kier molecular flexibility index (Phi) is 4.05. The van der Waals surface area contributed by atoms with Gasteiger partial charge in [0.25, 0.3) is 0 Å². The Bertz CT molecular complexity index is 446. The molecule has 7 heteroatoms. The van der Waals surface area contributed by atoms with Gasteiger partial charge < -0.3 is 16.8 Å². The largest absolute Gasteiger partial charge is 0.397 e. The smallest absolute Gasteiger partial charge is 0.391 e. The normalized spacial score (nSPS) is 13.1. The molecule has 1 atom stereocenters. The molecule has 0 aliphatic heterocycles. The van der Waals surface area contributed by atoms with Gasteiger partial charge in [0.1, 0.15) is 0 Å². The number of halogens is 3. The molecule has 0 fully saturated rings. The first-order valence-corrected chi connectivity index (χ1v) is 5.21. The fourth-order valence-electron chi connectivity index (χ4n) is 1.51. The molecule has 0 saturated heterocycles. The minimum Gasteiger partial charge on any atom is -0.397 e. The summed E-state index contributed by atoms with van der Waals surface area (Å²) in [5, 5.41) is 2.64.